The van der Waals surface area contributed by atoms with E-state index in [1.54, 1.807) is 17.8 Å². The average Bonchev–Trinajstić information content (AvgIpc) is 3.01. The maximum absolute atomic E-state index is 12.5. The molecule has 0 aliphatic carbocycles. The average molecular weight is 313 g/mol. The topological polar surface area (TPSA) is 55.1 Å². The Morgan fingerprint density at radius 3 is 2.68 bits per heavy atom. The van der Waals surface area contributed by atoms with Crippen molar-refractivity contribution in [1.82, 2.24) is 9.78 Å². The molecule has 0 amide bonds. The predicted molar refractivity (Wildman–Crippen MR) is 84.9 cm³/mol. The van der Waals surface area contributed by atoms with Crippen LogP contribution in [-0.2, 0) is 0 Å². The lowest BCUT2D eigenvalue weighted by Crippen LogP contribution is -2.01. The summed E-state index contributed by atoms with van der Waals surface area (Å²) in [5.74, 6) is -0.402. The molecule has 22 heavy (non-hydrogen) atoms. The number of para-hydroxylation sites is 1. The minimum Gasteiger partial charge on any atom is -0.507 e. The monoisotopic (exact) mass is 312 g/mol. The summed E-state index contributed by atoms with van der Waals surface area (Å²) in [7, 11) is 0. The molecule has 0 aliphatic heterocycles. The smallest absolute Gasteiger partial charge is 0.199 e. The Labute approximate surface area is 132 Å². The fraction of sp³-hybridized carbons (Fsp3) is 0.0588. The van der Waals surface area contributed by atoms with Crippen molar-refractivity contribution in [3.63, 3.8) is 0 Å². The van der Waals surface area contributed by atoms with Crippen molar-refractivity contribution in [3.8, 4) is 11.4 Å². The van der Waals surface area contributed by atoms with E-state index in [2.05, 4.69) is 5.10 Å². The second-order valence-electron chi connectivity index (χ2n) is 4.96. The van der Waals surface area contributed by atoms with Crippen molar-refractivity contribution in [1.29, 1.82) is 0 Å². The summed E-state index contributed by atoms with van der Waals surface area (Å²) in [4.78, 5) is 12.5. The summed E-state index contributed by atoms with van der Waals surface area (Å²) < 4.78 is 1.61. The van der Waals surface area contributed by atoms with Gasteiger partial charge >= 0.3 is 0 Å². The molecule has 5 heteroatoms. The van der Waals surface area contributed by atoms with E-state index in [1.165, 1.54) is 18.3 Å². The van der Waals surface area contributed by atoms with E-state index in [0.29, 0.717) is 10.6 Å². The van der Waals surface area contributed by atoms with Gasteiger partial charge in [-0.3, -0.25) is 4.79 Å². The molecule has 1 N–H and O–H groups in total. The fourth-order valence-corrected chi connectivity index (χ4v) is 2.33. The highest BCUT2D eigenvalue weighted by Gasteiger charge is 2.17. The van der Waals surface area contributed by atoms with Crippen molar-refractivity contribution >= 4 is 17.4 Å². The highest BCUT2D eigenvalue weighted by molar-refractivity contribution is 6.32. The first kappa shape index (κ1) is 14.4. The molecule has 0 spiro atoms. The minimum atomic E-state index is -0.318. The molecule has 0 fully saturated rings. The molecule has 3 aromatic rings. The lowest BCUT2D eigenvalue weighted by Gasteiger charge is -2.05. The zero-order valence-electron chi connectivity index (χ0n) is 11.8. The van der Waals surface area contributed by atoms with E-state index in [9.17, 15) is 9.90 Å². The Morgan fingerprint density at radius 2 is 1.95 bits per heavy atom. The van der Waals surface area contributed by atoms with E-state index in [-0.39, 0.29) is 17.1 Å². The zero-order valence-corrected chi connectivity index (χ0v) is 12.6. The third-order valence-corrected chi connectivity index (χ3v) is 3.79. The molecule has 0 saturated carbocycles. The van der Waals surface area contributed by atoms with Gasteiger partial charge in [-0.2, -0.15) is 5.10 Å². The number of aryl methyl sites for hydroxylation is 1. The Kier molecular flexibility index (Phi) is 3.69. The molecule has 0 atom stereocenters. The van der Waals surface area contributed by atoms with Gasteiger partial charge in [0, 0.05) is 11.2 Å². The van der Waals surface area contributed by atoms with E-state index in [4.69, 9.17) is 11.6 Å². The van der Waals surface area contributed by atoms with Crippen molar-refractivity contribution in [3.05, 3.63) is 76.6 Å². The van der Waals surface area contributed by atoms with Crippen LogP contribution in [0, 0.1) is 6.92 Å². The van der Waals surface area contributed by atoms with Crippen LogP contribution < -0.4 is 0 Å². The summed E-state index contributed by atoms with van der Waals surface area (Å²) >= 11 is 6.03. The molecule has 4 nitrogen and oxygen atoms in total. The number of hydrogen-bond acceptors (Lipinski definition) is 3. The first-order valence-electron chi connectivity index (χ1n) is 6.70. The third-order valence-electron chi connectivity index (χ3n) is 3.39. The number of hydrogen-bond donors (Lipinski definition) is 1. The highest BCUT2D eigenvalue weighted by atomic mass is 35.5. The molecule has 0 aliphatic rings. The number of carbonyl (C=O) groups excluding carboxylic acids is 1. The summed E-state index contributed by atoms with van der Waals surface area (Å²) in [5, 5.41) is 14.6. The number of carbonyl (C=O) groups is 1. The highest BCUT2D eigenvalue weighted by Crippen LogP contribution is 2.27. The molecule has 0 saturated heterocycles. The fourth-order valence-electron chi connectivity index (χ4n) is 2.17. The van der Waals surface area contributed by atoms with E-state index < -0.39 is 0 Å². The molecule has 0 bridgehead atoms. The van der Waals surface area contributed by atoms with Crippen LogP contribution in [0.15, 0.2) is 54.9 Å². The summed E-state index contributed by atoms with van der Waals surface area (Å²) in [6, 6.07) is 12.4. The van der Waals surface area contributed by atoms with Crippen LogP contribution >= 0.6 is 11.6 Å². The minimum absolute atomic E-state index is 0.0839. The van der Waals surface area contributed by atoms with Gasteiger partial charge in [0.25, 0.3) is 0 Å². The van der Waals surface area contributed by atoms with Gasteiger partial charge in [0.15, 0.2) is 5.78 Å². The largest absolute Gasteiger partial charge is 0.507 e. The van der Waals surface area contributed by atoms with Gasteiger partial charge in [-0.1, -0.05) is 29.8 Å². The molecule has 0 radical (unpaired) electrons. The normalized spacial score (nSPS) is 10.6. The van der Waals surface area contributed by atoms with Gasteiger partial charge in [0.1, 0.15) is 5.75 Å². The number of halogens is 1. The van der Waals surface area contributed by atoms with Crippen molar-refractivity contribution < 1.29 is 9.90 Å². The van der Waals surface area contributed by atoms with Crippen LogP contribution in [0.5, 0.6) is 5.75 Å². The third kappa shape index (κ3) is 2.61. The molecule has 2 aromatic carbocycles. The van der Waals surface area contributed by atoms with Crippen LogP contribution in [0.1, 0.15) is 21.5 Å². The second kappa shape index (κ2) is 5.66. The Balaban J connectivity index is 1.97. The maximum Gasteiger partial charge on any atom is 0.199 e. The summed E-state index contributed by atoms with van der Waals surface area (Å²) in [6.07, 6.45) is 3.10. The van der Waals surface area contributed by atoms with Crippen molar-refractivity contribution in [2.75, 3.05) is 0 Å². The Morgan fingerprint density at radius 1 is 1.23 bits per heavy atom. The first-order chi connectivity index (χ1) is 10.6. The first-order valence-corrected chi connectivity index (χ1v) is 7.08. The van der Waals surface area contributed by atoms with Crippen LogP contribution in [0.3, 0.4) is 0 Å². The number of phenolic OH excluding ortho intramolecular Hbond substituents is 1. The van der Waals surface area contributed by atoms with Gasteiger partial charge in [-0.05, 0) is 36.8 Å². The van der Waals surface area contributed by atoms with Gasteiger partial charge in [0.05, 0.1) is 23.0 Å². The molecule has 3 rings (SSSR count). The standard InChI is InChI=1S/C17H13ClN2O2/c1-11-7-16(21)14(8-15(11)18)17(22)12-9-19-20(10-12)13-5-3-2-4-6-13/h2-10,21H,1H3. The Hall–Kier alpha value is -2.59. The number of aromatic hydroxyl groups is 1. The maximum atomic E-state index is 12.5. The second-order valence-corrected chi connectivity index (χ2v) is 5.36. The number of rotatable bonds is 3. The quantitative estimate of drug-likeness (QED) is 0.749. The SMILES string of the molecule is Cc1cc(O)c(C(=O)c2cnn(-c3ccccc3)c2)cc1Cl. The van der Waals surface area contributed by atoms with Crippen molar-refractivity contribution in [2.24, 2.45) is 0 Å². The van der Waals surface area contributed by atoms with E-state index >= 15 is 0 Å². The van der Waals surface area contributed by atoms with Crippen molar-refractivity contribution in [2.45, 2.75) is 6.92 Å². The molecular formula is C17H13ClN2O2. The van der Waals surface area contributed by atoms with E-state index in [1.807, 2.05) is 30.3 Å². The molecule has 110 valence electrons. The predicted octanol–water partition coefficient (Wildman–Crippen LogP) is 3.77. The van der Waals surface area contributed by atoms with E-state index in [0.717, 1.165) is 11.3 Å². The summed E-state index contributed by atoms with van der Waals surface area (Å²) in [5.41, 5.74) is 2.13. The summed E-state index contributed by atoms with van der Waals surface area (Å²) in [6.45, 7) is 1.77. The van der Waals surface area contributed by atoms with Gasteiger partial charge < -0.3 is 5.11 Å². The number of nitrogens with zero attached hydrogens (tertiary/aromatic N) is 2. The number of benzene rings is 2. The van der Waals surface area contributed by atoms with Gasteiger partial charge in [-0.15, -0.1) is 0 Å². The number of phenols is 1. The lowest BCUT2D eigenvalue weighted by atomic mass is 10.0. The van der Waals surface area contributed by atoms with Gasteiger partial charge in [0.2, 0.25) is 0 Å². The zero-order chi connectivity index (χ0) is 15.7. The van der Waals surface area contributed by atoms with Crippen LogP contribution in [0.4, 0.5) is 0 Å². The molecule has 1 aromatic heterocycles. The van der Waals surface area contributed by atoms with Crippen LogP contribution in [0.25, 0.3) is 5.69 Å². The molecule has 0 unspecified atom stereocenters. The molecule has 1 heterocycles. The number of ketones is 1. The molecular weight excluding hydrogens is 300 g/mol. The van der Waals surface area contributed by atoms with Gasteiger partial charge in [-0.25, -0.2) is 4.68 Å². The lowest BCUT2D eigenvalue weighted by molar-refractivity contribution is 0.103. The van der Waals surface area contributed by atoms with Crippen LogP contribution in [-0.4, -0.2) is 20.7 Å². The Bertz CT molecular complexity index is 841. The number of aromatic nitrogens is 2. The van der Waals surface area contributed by atoms with Crippen LogP contribution in [0.2, 0.25) is 5.02 Å².